The van der Waals surface area contributed by atoms with Crippen LogP contribution in [0.4, 0.5) is 5.69 Å². The Bertz CT molecular complexity index is 518. The predicted molar refractivity (Wildman–Crippen MR) is 81.0 cm³/mol. The second-order valence-corrected chi connectivity index (χ2v) is 6.19. The summed E-state index contributed by atoms with van der Waals surface area (Å²) < 4.78 is 0. The van der Waals surface area contributed by atoms with E-state index in [9.17, 15) is 4.79 Å². The van der Waals surface area contributed by atoms with E-state index in [-0.39, 0.29) is 11.6 Å². The topological polar surface area (TPSA) is 35.6 Å². The number of hydrogen-bond donors (Lipinski definition) is 1. The van der Waals surface area contributed by atoms with E-state index in [1.807, 2.05) is 24.3 Å². The number of fused-ring (bicyclic) bond motifs is 1. The third-order valence-corrected chi connectivity index (χ3v) is 4.85. The molecule has 1 fully saturated rings. The van der Waals surface area contributed by atoms with Crippen LogP contribution in [0.5, 0.6) is 0 Å². The summed E-state index contributed by atoms with van der Waals surface area (Å²) in [6.45, 7) is 6.53. The van der Waals surface area contributed by atoms with E-state index in [2.05, 4.69) is 36.0 Å². The second-order valence-electron chi connectivity index (χ2n) is 6.19. The van der Waals surface area contributed by atoms with Gasteiger partial charge in [-0.1, -0.05) is 12.1 Å². The molecule has 4 nitrogen and oxygen atoms in total. The number of nitrogens with one attached hydrogen (secondary N) is 1. The summed E-state index contributed by atoms with van der Waals surface area (Å²) in [7, 11) is 2.10. The quantitative estimate of drug-likeness (QED) is 0.851. The highest BCUT2D eigenvalue weighted by Gasteiger charge is 2.44. The molecule has 1 aromatic rings. The number of carbonyl (C=O) groups excluding carboxylic acids is 1. The van der Waals surface area contributed by atoms with Gasteiger partial charge in [0.05, 0.1) is 11.3 Å². The fraction of sp³-hybridized carbons (Fsp3) is 0.562. The molecule has 1 amide bonds. The summed E-state index contributed by atoms with van der Waals surface area (Å²) in [5, 5.41) is 3.26. The number of likely N-dealkylation sites (tertiary alicyclic amines) is 1. The van der Waals surface area contributed by atoms with Crippen molar-refractivity contribution in [2.24, 2.45) is 0 Å². The minimum Gasteiger partial charge on any atom is -0.351 e. The maximum atomic E-state index is 12.4. The van der Waals surface area contributed by atoms with E-state index in [0.717, 1.165) is 37.2 Å². The van der Waals surface area contributed by atoms with Crippen molar-refractivity contribution in [2.45, 2.75) is 38.4 Å². The van der Waals surface area contributed by atoms with Gasteiger partial charge in [-0.3, -0.25) is 4.79 Å². The number of rotatable bonds is 1. The summed E-state index contributed by atoms with van der Waals surface area (Å²) >= 11 is 0. The highest BCUT2D eigenvalue weighted by Crippen LogP contribution is 2.36. The van der Waals surface area contributed by atoms with Crippen LogP contribution in [0, 0.1) is 0 Å². The molecule has 1 saturated heterocycles. The van der Waals surface area contributed by atoms with E-state index >= 15 is 0 Å². The van der Waals surface area contributed by atoms with E-state index in [4.69, 9.17) is 0 Å². The lowest BCUT2D eigenvalue weighted by molar-refractivity contribution is 0.0740. The van der Waals surface area contributed by atoms with E-state index in [0.29, 0.717) is 6.04 Å². The summed E-state index contributed by atoms with van der Waals surface area (Å²) in [6, 6.07) is 8.45. The van der Waals surface area contributed by atoms with Gasteiger partial charge >= 0.3 is 0 Å². The second kappa shape index (κ2) is 4.77. The molecule has 3 rings (SSSR count). The molecule has 1 N–H and O–H groups in total. The first kappa shape index (κ1) is 13.4. The van der Waals surface area contributed by atoms with Gasteiger partial charge in [0.1, 0.15) is 5.66 Å². The molecular weight excluding hydrogens is 250 g/mol. The molecule has 108 valence electrons. The Hall–Kier alpha value is -1.55. The van der Waals surface area contributed by atoms with Crippen molar-refractivity contribution in [3.8, 4) is 0 Å². The maximum absolute atomic E-state index is 12.4. The number of para-hydroxylation sites is 1. The Morgan fingerprint density at radius 3 is 2.50 bits per heavy atom. The maximum Gasteiger partial charge on any atom is 0.255 e. The lowest BCUT2D eigenvalue weighted by atomic mass is 9.90. The monoisotopic (exact) mass is 273 g/mol. The van der Waals surface area contributed by atoms with E-state index < -0.39 is 0 Å². The summed E-state index contributed by atoms with van der Waals surface area (Å²) in [6.07, 6.45) is 1.95. The van der Waals surface area contributed by atoms with Gasteiger partial charge in [0.25, 0.3) is 5.91 Å². The summed E-state index contributed by atoms with van der Waals surface area (Å²) in [4.78, 5) is 17.1. The van der Waals surface area contributed by atoms with Crippen LogP contribution in [-0.4, -0.2) is 42.6 Å². The largest absolute Gasteiger partial charge is 0.351 e. The average molecular weight is 273 g/mol. The molecule has 0 aliphatic carbocycles. The van der Waals surface area contributed by atoms with Gasteiger partial charge in [-0.05, 0) is 26.0 Å². The molecule has 1 aromatic carbocycles. The number of anilines is 1. The number of benzene rings is 1. The lowest BCUT2D eigenvalue weighted by Gasteiger charge is -2.52. The van der Waals surface area contributed by atoms with Gasteiger partial charge in [-0.15, -0.1) is 0 Å². The molecular formula is C16H23N3O. The minimum absolute atomic E-state index is 0.0664. The molecule has 0 unspecified atom stereocenters. The zero-order valence-electron chi connectivity index (χ0n) is 12.5. The zero-order valence-corrected chi connectivity index (χ0v) is 12.5. The fourth-order valence-corrected chi connectivity index (χ4v) is 3.42. The summed E-state index contributed by atoms with van der Waals surface area (Å²) in [5.74, 6) is 0.0664. The first-order valence-corrected chi connectivity index (χ1v) is 7.43. The Morgan fingerprint density at radius 2 is 1.85 bits per heavy atom. The molecule has 0 atom stereocenters. The molecule has 0 saturated carbocycles. The van der Waals surface area contributed by atoms with Crippen molar-refractivity contribution in [3.63, 3.8) is 0 Å². The number of piperidine rings is 1. The predicted octanol–water partition coefficient (Wildman–Crippen LogP) is 2.07. The first-order chi connectivity index (χ1) is 9.53. The molecule has 0 aromatic heterocycles. The third-order valence-electron chi connectivity index (χ3n) is 4.85. The highest BCUT2D eigenvalue weighted by atomic mass is 16.2. The van der Waals surface area contributed by atoms with Crippen molar-refractivity contribution in [3.05, 3.63) is 29.8 Å². The number of nitrogens with zero attached hydrogens (tertiary/aromatic N) is 2. The van der Waals surface area contributed by atoms with Gasteiger partial charge < -0.3 is 15.1 Å². The van der Waals surface area contributed by atoms with Crippen molar-refractivity contribution in [1.29, 1.82) is 0 Å². The van der Waals surface area contributed by atoms with Crippen LogP contribution in [0.2, 0.25) is 0 Å². The SMILES string of the molecule is CC(C)N1CCC2(CC1)NC(=O)c1ccccc1N2C. The highest BCUT2D eigenvalue weighted by molar-refractivity contribution is 6.02. The zero-order chi connectivity index (χ0) is 14.3. The molecule has 1 spiro atoms. The van der Waals surface area contributed by atoms with E-state index in [1.165, 1.54) is 0 Å². The van der Waals surface area contributed by atoms with Crippen molar-refractivity contribution < 1.29 is 4.79 Å². The smallest absolute Gasteiger partial charge is 0.255 e. The lowest BCUT2D eigenvalue weighted by Crippen LogP contribution is -2.67. The minimum atomic E-state index is -0.211. The molecule has 2 aliphatic rings. The standard InChI is InChI=1S/C16H23N3O/c1-12(2)19-10-8-16(9-11-19)17-15(20)13-6-4-5-7-14(13)18(16)3/h4-7,12H,8-11H2,1-3H3,(H,17,20). The van der Waals surface area contributed by atoms with Crippen LogP contribution in [0.15, 0.2) is 24.3 Å². The Balaban J connectivity index is 1.88. The molecule has 20 heavy (non-hydrogen) atoms. The van der Waals surface area contributed by atoms with Gasteiger partial charge in [0, 0.05) is 39.0 Å². The van der Waals surface area contributed by atoms with Gasteiger partial charge in [0.15, 0.2) is 0 Å². The fourth-order valence-electron chi connectivity index (χ4n) is 3.42. The van der Waals surface area contributed by atoms with Crippen molar-refractivity contribution in [2.75, 3.05) is 25.0 Å². The number of hydrogen-bond acceptors (Lipinski definition) is 3. The normalized spacial score (nSPS) is 22.0. The molecule has 0 radical (unpaired) electrons. The van der Waals surface area contributed by atoms with Crippen molar-refractivity contribution >= 4 is 11.6 Å². The van der Waals surface area contributed by atoms with Crippen molar-refractivity contribution in [1.82, 2.24) is 10.2 Å². The Morgan fingerprint density at radius 1 is 1.20 bits per heavy atom. The van der Waals surface area contributed by atoms with Crippen LogP contribution in [0.3, 0.4) is 0 Å². The number of amides is 1. The van der Waals surface area contributed by atoms with Gasteiger partial charge in [0.2, 0.25) is 0 Å². The molecule has 2 heterocycles. The van der Waals surface area contributed by atoms with Crippen LogP contribution < -0.4 is 10.2 Å². The molecule has 0 bridgehead atoms. The van der Waals surface area contributed by atoms with Crippen LogP contribution in [0.25, 0.3) is 0 Å². The molecule has 2 aliphatic heterocycles. The Labute approximate surface area is 120 Å². The number of carbonyl (C=O) groups is 1. The summed E-state index contributed by atoms with van der Waals surface area (Å²) in [5.41, 5.74) is 1.62. The Kier molecular flexibility index (Phi) is 3.21. The average Bonchev–Trinajstić information content (AvgIpc) is 2.46. The molecule has 4 heteroatoms. The third kappa shape index (κ3) is 1.99. The van der Waals surface area contributed by atoms with Gasteiger partial charge in [-0.2, -0.15) is 0 Å². The van der Waals surface area contributed by atoms with Gasteiger partial charge in [-0.25, -0.2) is 0 Å². The van der Waals surface area contributed by atoms with Crippen LogP contribution in [0.1, 0.15) is 37.0 Å². The first-order valence-electron chi connectivity index (χ1n) is 7.43. The van der Waals surface area contributed by atoms with Crippen LogP contribution >= 0.6 is 0 Å². The van der Waals surface area contributed by atoms with E-state index in [1.54, 1.807) is 0 Å². The van der Waals surface area contributed by atoms with Crippen LogP contribution in [-0.2, 0) is 0 Å².